The second-order valence-corrected chi connectivity index (χ2v) is 4.54. The van der Waals surface area contributed by atoms with Crippen molar-refractivity contribution in [3.05, 3.63) is 41.0 Å². The largest absolute Gasteiger partial charge is 0.476 e. The van der Waals surface area contributed by atoms with Crippen LogP contribution in [-0.4, -0.2) is 26.1 Å². The third kappa shape index (κ3) is 1.93. The molecule has 1 heterocycles. The van der Waals surface area contributed by atoms with Crippen molar-refractivity contribution in [2.75, 3.05) is 0 Å². The Morgan fingerprint density at radius 2 is 1.85 bits per heavy atom. The van der Waals surface area contributed by atoms with Crippen LogP contribution in [0.15, 0.2) is 12.1 Å². The van der Waals surface area contributed by atoms with Crippen LogP contribution in [0.5, 0.6) is 0 Å². The maximum Gasteiger partial charge on any atom is 0.358 e. The molecule has 0 bridgehead atoms. The Morgan fingerprint density at radius 1 is 1.25 bits per heavy atom. The molecule has 20 heavy (non-hydrogen) atoms. The summed E-state index contributed by atoms with van der Waals surface area (Å²) in [5, 5.41) is 16.2. The Balaban J connectivity index is 2.17. The van der Waals surface area contributed by atoms with Crippen LogP contribution in [0.3, 0.4) is 0 Å². The minimum atomic E-state index is -1.58. The molecule has 1 aliphatic rings. The second-order valence-electron chi connectivity index (χ2n) is 4.54. The Labute approximate surface area is 110 Å². The molecule has 0 unspecified atom stereocenters. The van der Waals surface area contributed by atoms with Crippen LogP contribution >= 0.6 is 0 Å². The first-order valence-corrected chi connectivity index (χ1v) is 5.83. The van der Waals surface area contributed by atoms with E-state index < -0.39 is 23.4 Å². The van der Waals surface area contributed by atoms with Crippen LogP contribution < -0.4 is 0 Å². The lowest BCUT2D eigenvalue weighted by molar-refractivity contribution is 0.0689. The van der Waals surface area contributed by atoms with E-state index in [1.54, 1.807) is 0 Å². The number of hydrogen-bond donors (Lipinski definition) is 1. The van der Waals surface area contributed by atoms with Gasteiger partial charge in [0.25, 0.3) is 0 Å². The van der Waals surface area contributed by atoms with Gasteiger partial charge in [0.15, 0.2) is 23.1 Å². The monoisotopic (exact) mass is 283 g/mol. The van der Waals surface area contributed by atoms with Crippen LogP contribution in [0.25, 0.3) is 5.69 Å². The van der Waals surface area contributed by atoms with Crippen LogP contribution in [0.4, 0.5) is 13.2 Å². The molecule has 0 aliphatic heterocycles. The Morgan fingerprint density at radius 3 is 2.35 bits per heavy atom. The lowest BCUT2D eigenvalue weighted by Gasteiger charge is -2.07. The molecule has 0 radical (unpaired) electrons. The summed E-state index contributed by atoms with van der Waals surface area (Å²) in [7, 11) is 0. The highest BCUT2D eigenvalue weighted by atomic mass is 19.2. The standard InChI is InChI=1S/C12H8F3N3O2/c13-7-3-6(4-8(14)9(7)15)18-11(5-1-2-5)10(12(19)20)16-17-18/h3-5H,1-2H2,(H,19,20). The number of hydrogen-bond acceptors (Lipinski definition) is 3. The molecule has 0 amide bonds. The van der Waals surface area contributed by atoms with Crippen LogP contribution in [0.1, 0.15) is 34.9 Å². The van der Waals surface area contributed by atoms with Crippen molar-refractivity contribution < 1.29 is 23.1 Å². The molecule has 0 atom stereocenters. The van der Waals surface area contributed by atoms with Crippen molar-refractivity contribution in [3.63, 3.8) is 0 Å². The topological polar surface area (TPSA) is 68.0 Å². The first-order valence-electron chi connectivity index (χ1n) is 5.83. The van der Waals surface area contributed by atoms with Crippen molar-refractivity contribution >= 4 is 5.97 Å². The highest BCUT2D eigenvalue weighted by molar-refractivity contribution is 5.87. The van der Waals surface area contributed by atoms with Gasteiger partial charge in [-0.3, -0.25) is 0 Å². The summed E-state index contributed by atoms with van der Waals surface area (Å²) < 4.78 is 40.5. The summed E-state index contributed by atoms with van der Waals surface area (Å²) in [6, 6.07) is 1.51. The number of aromatic carboxylic acids is 1. The van der Waals surface area contributed by atoms with Gasteiger partial charge in [0.2, 0.25) is 0 Å². The fraction of sp³-hybridized carbons (Fsp3) is 0.250. The molecular formula is C12H8F3N3O2. The van der Waals surface area contributed by atoms with Crippen LogP contribution in [0.2, 0.25) is 0 Å². The van der Waals surface area contributed by atoms with E-state index in [0.29, 0.717) is 0 Å². The highest BCUT2D eigenvalue weighted by Gasteiger charge is 2.34. The normalized spacial score (nSPS) is 14.6. The number of nitrogens with zero attached hydrogens (tertiary/aromatic N) is 3. The van der Waals surface area contributed by atoms with E-state index in [0.717, 1.165) is 29.7 Å². The molecule has 104 valence electrons. The second kappa shape index (κ2) is 4.32. The van der Waals surface area contributed by atoms with Gasteiger partial charge in [-0.05, 0) is 12.8 Å². The summed E-state index contributed by atoms with van der Waals surface area (Å²) in [6.45, 7) is 0. The van der Waals surface area contributed by atoms with E-state index >= 15 is 0 Å². The van der Waals surface area contributed by atoms with E-state index in [1.165, 1.54) is 0 Å². The number of halogens is 3. The first-order chi connectivity index (χ1) is 9.49. The molecular weight excluding hydrogens is 275 g/mol. The molecule has 0 saturated heterocycles. The average Bonchev–Trinajstić information content (AvgIpc) is 3.13. The van der Waals surface area contributed by atoms with E-state index in [1.807, 2.05) is 0 Å². The van der Waals surface area contributed by atoms with Gasteiger partial charge in [-0.25, -0.2) is 22.6 Å². The summed E-state index contributed by atoms with van der Waals surface area (Å²) in [5.41, 5.74) is -0.0659. The first kappa shape index (κ1) is 12.6. The zero-order valence-corrected chi connectivity index (χ0v) is 9.98. The molecule has 8 heteroatoms. The Kier molecular flexibility index (Phi) is 2.73. The molecule has 1 fully saturated rings. The number of aromatic nitrogens is 3. The summed E-state index contributed by atoms with van der Waals surface area (Å²) in [5.74, 6) is -5.64. The fourth-order valence-corrected chi connectivity index (χ4v) is 2.02. The Bertz CT molecular complexity index is 687. The fourth-order valence-electron chi connectivity index (χ4n) is 2.02. The minimum absolute atomic E-state index is 0.0627. The van der Waals surface area contributed by atoms with Gasteiger partial charge in [0.05, 0.1) is 11.4 Å². The summed E-state index contributed by atoms with van der Waals surface area (Å²) in [6.07, 6.45) is 1.50. The van der Waals surface area contributed by atoms with Crippen molar-refractivity contribution in [1.29, 1.82) is 0 Å². The number of carboxylic acids is 1. The zero-order valence-electron chi connectivity index (χ0n) is 9.98. The molecule has 3 rings (SSSR count). The molecule has 5 nitrogen and oxygen atoms in total. The van der Waals surface area contributed by atoms with Gasteiger partial charge >= 0.3 is 5.97 Å². The maximum atomic E-state index is 13.2. The SMILES string of the molecule is O=C(O)c1nnn(-c2cc(F)c(F)c(F)c2)c1C1CC1. The quantitative estimate of drug-likeness (QED) is 0.877. The van der Waals surface area contributed by atoms with E-state index in [-0.39, 0.29) is 23.0 Å². The van der Waals surface area contributed by atoms with Crippen molar-refractivity contribution in [1.82, 2.24) is 15.0 Å². The van der Waals surface area contributed by atoms with Crippen LogP contribution in [0, 0.1) is 17.5 Å². The number of benzene rings is 1. The molecule has 1 aliphatic carbocycles. The molecule has 1 aromatic carbocycles. The molecule has 2 aromatic rings. The summed E-state index contributed by atoms with van der Waals surface area (Å²) in [4.78, 5) is 11.1. The van der Waals surface area contributed by atoms with Gasteiger partial charge in [0.1, 0.15) is 0 Å². The smallest absolute Gasteiger partial charge is 0.358 e. The lowest BCUT2D eigenvalue weighted by Crippen LogP contribution is -2.07. The Hall–Kier alpha value is -2.38. The van der Waals surface area contributed by atoms with Crippen molar-refractivity contribution in [3.8, 4) is 5.69 Å². The summed E-state index contributed by atoms with van der Waals surface area (Å²) >= 11 is 0. The number of carbonyl (C=O) groups is 1. The third-order valence-corrected chi connectivity index (χ3v) is 3.08. The lowest BCUT2D eigenvalue weighted by atomic mass is 10.2. The minimum Gasteiger partial charge on any atom is -0.476 e. The highest BCUT2D eigenvalue weighted by Crippen LogP contribution is 2.42. The van der Waals surface area contributed by atoms with Crippen molar-refractivity contribution in [2.24, 2.45) is 0 Å². The van der Waals surface area contributed by atoms with E-state index in [4.69, 9.17) is 5.11 Å². The van der Waals surface area contributed by atoms with E-state index in [9.17, 15) is 18.0 Å². The molecule has 1 N–H and O–H groups in total. The van der Waals surface area contributed by atoms with Crippen molar-refractivity contribution in [2.45, 2.75) is 18.8 Å². The average molecular weight is 283 g/mol. The molecule has 1 aromatic heterocycles. The van der Waals surface area contributed by atoms with E-state index in [2.05, 4.69) is 10.3 Å². The maximum absolute atomic E-state index is 13.2. The predicted octanol–water partition coefficient (Wildman–Crippen LogP) is 2.26. The number of rotatable bonds is 3. The van der Waals surface area contributed by atoms with Gasteiger partial charge < -0.3 is 5.11 Å². The number of carboxylic acid groups (broad SMARTS) is 1. The molecule has 1 saturated carbocycles. The third-order valence-electron chi connectivity index (χ3n) is 3.08. The van der Waals surface area contributed by atoms with Crippen LogP contribution in [-0.2, 0) is 0 Å². The zero-order chi connectivity index (χ0) is 14.4. The molecule has 0 spiro atoms. The van der Waals surface area contributed by atoms with Gasteiger partial charge in [-0.1, -0.05) is 5.21 Å². The van der Waals surface area contributed by atoms with Gasteiger partial charge in [-0.15, -0.1) is 5.10 Å². The van der Waals surface area contributed by atoms with Gasteiger partial charge in [-0.2, -0.15) is 0 Å². The predicted molar refractivity (Wildman–Crippen MR) is 60.2 cm³/mol. The van der Waals surface area contributed by atoms with Gasteiger partial charge in [0, 0.05) is 18.1 Å².